The van der Waals surface area contributed by atoms with Crippen LogP contribution in [-0.2, 0) is 11.2 Å². The molecule has 0 fully saturated rings. The molecule has 0 radical (unpaired) electrons. The summed E-state index contributed by atoms with van der Waals surface area (Å²) in [7, 11) is 1.60. The Balaban J connectivity index is 3.20. The molecule has 0 unspecified atom stereocenters. The van der Waals surface area contributed by atoms with Gasteiger partial charge in [-0.2, -0.15) is 0 Å². The van der Waals surface area contributed by atoms with E-state index in [1.807, 2.05) is 6.07 Å². The number of aliphatic carboxylic acids is 1. The Morgan fingerprint density at radius 2 is 2.12 bits per heavy atom. The van der Waals surface area contributed by atoms with Gasteiger partial charge in [0.1, 0.15) is 5.75 Å². The number of rotatable bonds is 4. The van der Waals surface area contributed by atoms with Crippen molar-refractivity contribution in [3.8, 4) is 5.75 Å². The second kappa shape index (κ2) is 5.34. The fraction of sp³-hybridized carbons (Fsp3) is 0.417. The van der Waals surface area contributed by atoms with Gasteiger partial charge in [0.2, 0.25) is 0 Å². The third-order valence-corrected chi connectivity index (χ3v) is 2.96. The van der Waals surface area contributed by atoms with Crippen molar-refractivity contribution in [1.29, 1.82) is 0 Å². The molecule has 0 saturated heterocycles. The average Bonchev–Trinajstić information content (AvgIpc) is 2.14. The minimum atomic E-state index is -0.841. The van der Waals surface area contributed by atoms with Gasteiger partial charge in [0.25, 0.3) is 0 Å². The topological polar surface area (TPSA) is 46.5 Å². The van der Waals surface area contributed by atoms with E-state index in [0.29, 0.717) is 5.92 Å². The summed E-state index contributed by atoms with van der Waals surface area (Å²) in [4.78, 5) is 10.6. The summed E-state index contributed by atoms with van der Waals surface area (Å²) in [6.07, 6.45) is 0.00728. The quantitative estimate of drug-likeness (QED) is 0.925. The lowest BCUT2D eigenvalue weighted by Crippen LogP contribution is -2.03. The van der Waals surface area contributed by atoms with Gasteiger partial charge < -0.3 is 9.84 Å². The first kappa shape index (κ1) is 13.0. The number of carbonyl (C=O) groups is 1. The van der Waals surface area contributed by atoms with Crippen molar-refractivity contribution in [3.05, 3.63) is 27.7 Å². The molecule has 0 amide bonds. The first-order valence-electron chi connectivity index (χ1n) is 5.03. The highest BCUT2D eigenvalue weighted by Crippen LogP contribution is 2.34. The zero-order valence-corrected chi connectivity index (χ0v) is 11.2. The van der Waals surface area contributed by atoms with Gasteiger partial charge in [-0.3, -0.25) is 4.79 Å². The van der Waals surface area contributed by atoms with Crippen molar-refractivity contribution in [2.24, 2.45) is 0 Å². The summed E-state index contributed by atoms with van der Waals surface area (Å²) in [5, 5.41) is 8.74. The monoisotopic (exact) mass is 286 g/mol. The summed E-state index contributed by atoms with van der Waals surface area (Å²) in [5.41, 5.74) is 1.80. The molecule has 3 nitrogen and oxygen atoms in total. The van der Waals surface area contributed by atoms with Crippen molar-refractivity contribution in [2.75, 3.05) is 7.11 Å². The Morgan fingerprint density at radius 3 is 2.56 bits per heavy atom. The number of benzene rings is 1. The van der Waals surface area contributed by atoms with Gasteiger partial charge in [-0.05, 0) is 23.6 Å². The van der Waals surface area contributed by atoms with E-state index in [9.17, 15) is 4.79 Å². The van der Waals surface area contributed by atoms with Crippen molar-refractivity contribution in [3.63, 3.8) is 0 Å². The van der Waals surface area contributed by atoms with Crippen molar-refractivity contribution in [1.82, 2.24) is 0 Å². The molecule has 4 heteroatoms. The highest BCUT2D eigenvalue weighted by Gasteiger charge is 2.14. The minimum Gasteiger partial charge on any atom is -0.496 e. The van der Waals surface area contributed by atoms with Gasteiger partial charge >= 0.3 is 5.97 Å². The molecule has 0 atom stereocenters. The van der Waals surface area contributed by atoms with Crippen LogP contribution >= 0.6 is 15.9 Å². The molecule has 0 aliphatic heterocycles. The van der Waals surface area contributed by atoms with Crippen LogP contribution < -0.4 is 4.74 Å². The number of methoxy groups -OCH3 is 1. The van der Waals surface area contributed by atoms with Crippen molar-refractivity contribution < 1.29 is 14.6 Å². The van der Waals surface area contributed by atoms with Gasteiger partial charge in [0.15, 0.2) is 0 Å². The Bertz CT molecular complexity index is 399. The number of hydrogen-bond acceptors (Lipinski definition) is 2. The molecule has 1 aromatic rings. The molecule has 0 aliphatic carbocycles. The second-order valence-electron chi connectivity index (χ2n) is 3.92. The van der Waals surface area contributed by atoms with Crippen LogP contribution in [0.2, 0.25) is 0 Å². The Labute approximate surface area is 104 Å². The van der Waals surface area contributed by atoms with Crippen LogP contribution in [-0.4, -0.2) is 18.2 Å². The van der Waals surface area contributed by atoms with Gasteiger partial charge in [-0.1, -0.05) is 29.8 Å². The van der Waals surface area contributed by atoms with Crippen LogP contribution in [0.4, 0.5) is 0 Å². The molecule has 1 rings (SSSR count). The third-order valence-electron chi connectivity index (χ3n) is 2.30. The van der Waals surface area contributed by atoms with E-state index in [-0.39, 0.29) is 6.42 Å². The molecular formula is C12H15BrO3. The van der Waals surface area contributed by atoms with Gasteiger partial charge in [-0.15, -0.1) is 0 Å². The predicted octanol–water partition coefficient (Wildman–Crippen LogP) is 3.21. The van der Waals surface area contributed by atoms with Crippen LogP contribution in [0.15, 0.2) is 16.6 Å². The summed E-state index contributed by atoms with van der Waals surface area (Å²) in [5.74, 6) is 0.218. The molecule has 0 spiro atoms. The van der Waals surface area contributed by atoms with E-state index in [1.54, 1.807) is 13.2 Å². The number of carboxylic acid groups (broad SMARTS) is 1. The van der Waals surface area contributed by atoms with E-state index in [2.05, 4.69) is 29.8 Å². The van der Waals surface area contributed by atoms with Crippen LogP contribution in [0, 0.1) is 0 Å². The van der Waals surface area contributed by atoms with E-state index < -0.39 is 5.97 Å². The zero-order chi connectivity index (χ0) is 12.3. The minimum absolute atomic E-state index is 0.00728. The maximum atomic E-state index is 10.6. The second-order valence-corrected chi connectivity index (χ2v) is 4.77. The molecule has 16 heavy (non-hydrogen) atoms. The third kappa shape index (κ3) is 2.98. The fourth-order valence-corrected chi connectivity index (χ4v) is 2.60. The highest BCUT2D eigenvalue weighted by molar-refractivity contribution is 9.10. The number of halogens is 1. The highest BCUT2D eigenvalue weighted by atomic mass is 79.9. The van der Waals surface area contributed by atoms with Crippen LogP contribution in [0.3, 0.4) is 0 Å². The maximum absolute atomic E-state index is 10.6. The summed E-state index contributed by atoms with van der Waals surface area (Å²) in [6.45, 7) is 4.14. The molecule has 0 bridgehead atoms. The fourth-order valence-electron chi connectivity index (χ4n) is 1.65. The van der Waals surface area contributed by atoms with E-state index >= 15 is 0 Å². The SMILES string of the molecule is COc1cc(CC(=O)O)cc(Br)c1C(C)C. The van der Waals surface area contributed by atoms with Crippen LogP contribution in [0.1, 0.15) is 30.9 Å². The van der Waals surface area contributed by atoms with Gasteiger partial charge in [0.05, 0.1) is 13.5 Å². The molecule has 88 valence electrons. The number of ether oxygens (including phenoxy) is 1. The summed E-state index contributed by atoms with van der Waals surface area (Å²) >= 11 is 3.46. The lowest BCUT2D eigenvalue weighted by Gasteiger charge is -2.15. The lowest BCUT2D eigenvalue weighted by atomic mass is 9.99. The molecule has 1 N–H and O–H groups in total. The molecule has 0 heterocycles. The average molecular weight is 287 g/mol. The Hall–Kier alpha value is -1.03. The van der Waals surface area contributed by atoms with Crippen molar-refractivity contribution in [2.45, 2.75) is 26.2 Å². The standard InChI is InChI=1S/C12H15BrO3/c1-7(2)12-9(13)4-8(6-11(14)15)5-10(12)16-3/h4-5,7H,6H2,1-3H3,(H,14,15). The van der Waals surface area contributed by atoms with Crippen molar-refractivity contribution >= 4 is 21.9 Å². The van der Waals surface area contributed by atoms with Gasteiger partial charge in [0, 0.05) is 10.0 Å². The number of hydrogen-bond donors (Lipinski definition) is 1. The van der Waals surface area contributed by atoms with E-state index in [1.165, 1.54) is 0 Å². The van der Waals surface area contributed by atoms with Crippen LogP contribution in [0.5, 0.6) is 5.75 Å². The normalized spacial score (nSPS) is 10.6. The van der Waals surface area contributed by atoms with E-state index in [0.717, 1.165) is 21.3 Å². The zero-order valence-electron chi connectivity index (χ0n) is 9.58. The van der Waals surface area contributed by atoms with Crippen LogP contribution in [0.25, 0.3) is 0 Å². The lowest BCUT2D eigenvalue weighted by molar-refractivity contribution is -0.136. The molecule has 0 aromatic heterocycles. The molecule has 0 saturated carbocycles. The maximum Gasteiger partial charge on any atom is 0.307 e. The van der Waals surface area contributed by atoms with E-state index in [4.69, 9.17) is 9.84 Å². The smallest absolute Gasteiger partial charge is 0.307 e. The predicted molar refractivity (Wildman–Crippen MR) is 66.1 cm³/mol. The largest absolute Gasteiger partial charge is 0.496 e. The molecule has 0 aliphatic rings. The summed E-state index contributed by atoms with van der Waals surface area (Å²) < 4.78 is 6.19. The summed E-state index contributed by atoms with van der Waals surface area (Å²) in [6, 6.07) is 3.63. The first-order valence-corrected chi connectivity index (χ1v) is 5.83. The first-order chi connectivity index (χ1) is 7.45. The Kier molecular flexibility index (Phi) is 4.35. The number of carboxylic acids is 1. The Morgan fingerprint density at radius 1 is 1.50 bits per heavy atom. The molecular weight excluding hydrogens is 272 g/mol. The van der Waals surface area contributed by atoms with Gasteiger partial charge in [-0.25, -0.2) is 0 Å². The molecule has 1 aromatic carbocycles.